The summed E-state index contributed by atoms with van der Waals surface area (Å²) in [5.74, 6) is -0.828. The van der Waals surface area contributed by atoms with Gasteiger partial charge in [-0.3, -0.25) is 14.9 Å². The van der Waals surface area contributed by atoms with Crippen LogP contribution in [0.4, 0.5) is 5.69 Å². The minimum Gasteiger partial charge on any atom is -0.482 e. The number of hydrogen-bond acceptors (Lipinski definition) is 6. The lowest BCUT2D eigenvalue weighted by atomic mass is 10.1. The number of amides is 2. The number of anilines is 1. The van der Waals surface area contributed by atoms with Crippen molar-refractivity contribution in [3.63, 3.8) is 0 Å². The van der Waals surface area contributed by atoms with Crippen LogP contribution in [0, 0.1) is 0 Å². The predicted octanol–water partition coefficient (Wildman–Crippen LogP) is 0.641. The molecule has 0 aromatic heterocycles. The van der Waals surface area contributed by atoms with Crippen molar-refractivity contribution < 1.29 is 23.9 Å². The lowest BCUT2D eigenvalue weighted by Crippen LogP contribution is -2.19. The number of hydrogen-bond donors (Lipinski definition) is 2. The molecule has 1 fully saturated rings. The Kier molecular flexibility index (Phi) is 4.77. The Bertz CT molecular complexity index is 651. The summed E-state index contributed by atoms with van der Waals surface area (Å²) < 4.78 is 10.1. The molecule has 3 N–H and O–H groups in total. The third-order valence-corrected chi connectivity index (χ3v) is 2.95. The first kappa shape index (κ1) is 15.6. The van der Waals surface area contributed by atoms with Gasteiger partial charge in [0.15, 0.2) is 6.61 Å². The van der Waals surface area contributed by atoms with Crippen LogP contribution in [0.1, 0.15) is 18.9 Å². The van der Waals surface area contributed by atoms with Gasteiger partial charge >= 0.3 is 5.97 Å². The number of carbonyl (C=O) groups excluding carboxylic acids is 3. The van der Waals surface area contributed by atoms with Gasteiger partial charge in [-0.25, -0.2) is 4.79 Å². The molecule has 0 spiro atoms. The minimum absolute atomic E-state index is 0.0200. The summed E-state index contributed by atoms with van der Waals surface area (Å²) in [6.45, 7) is 1.77. The molecule has 1 saturated heterocycles. The van der Waals surface area contributed by atoms with Crippen LogP contribution in [0.25, 0.3) is 6.08 Å². The number of imide groups is 1. The summed E-state index contributed by atoms with van der Waals surface area (Å²) in [6, 6.07) is 4.80. The largest absolute Gasteiger partial charge is 0.482 e. The normalized spacial score (nSPS) is 15.8. The van der Waals surface area contributed by atoms with Gasteiger partial charge in [-0.1, -0.05) is 0 Å². The first-order valence-electron chi connectivity index (χ1n) is 6.72. The second-order valence-electron chi connectivity index (χ2n) is 4.61. The number of nitrogens with two attached hydrogens (primary N) is 1. The summed E-state index contributed by atoms with van der Waals surface area (Å²) in [6.07, 6.45) is 1.55. The third kappa shape index (κ3) is 3.85. The Balaban J connectivity index is 2.13. The fourth-order valence-corrected chi connectivity index (χ4v) is 1.92. The fourth-order valence-electron chi connectivity index (χ4n) is 1.92. The minimum atomic E-state index is -0.472. The van der Waals surface area contributed by atoms with Crippen LogP contribution in [-0.4, -0.2) is 31.0 Å². The van der Waals surface area contributed by atoms with Crippen LogP contribution in [0.5, 0.6) is 5.75 Å². The van der Waals surface area contributed by atoms with Gasteiger partial charge in [0.1, 0.15) is 5.75 Å². The van der Waals surface area contributed by atoms with E-state index < -0.39 is 11.9 Å². The molecule has 0 atom stereocenters. The number of carbonyl (C=O) groups is 3. The van der Waals surface area contributed by atoms with E-state index in [1.54, 1.807) is 25.1 Å². The maximum Gasteiger partial charge on any atom is 0.344 e. The highest BCUT2D eigenvalue weighted by Gasteiger charge is 2.23. The monoisotopic (exact) mass is 304 g/mol. The van der Waals surface area contributed by atoms with Crippen molar-refractivity contribution in [2.24, 2.45) is 0 Å². The van der Waals surface area contributed by atoms with Crippen molar-refractivity contribution in [3.05, 3.63) is 29.3 Å². The van der Waals surface area contributed by atoms with Crippen LogP contribution in [-0.2, 0) is 19.1 Å². The topological polar surface area (TPSA) is 108 Å². The Morgan fingerprint density at radius 3 is 2.82 bits per heavy atom. The molecule has 1 heterocycles. The number of benzene rings is 1. The van der Waals surface area contributed by atoms with E-state index in [1.165, 1.54) is 6.08 Å². The van der Waals surface area contributed by atoms with E-state index in [2.05, 4.69) is 5.32 Å². The molecule has 2 amide bonds. The van der Waals surface area contributed by atoms with Gasteiger partial charge in [0.25, 0.3) is 5.91 Å². The molecule has 22 heavy (non-hydrogen) atoms. The molecular formula is C15H16N2O5. The zero-order valence-corrected chi connectivity index (χ0v) is 12.0. The molecule has 2 rings (SSSR count). The summed E-state index contributed by atoms with van der Waals surface area (Å²) in [5.41, 5.74) is 7.15. The highest BCUT2D eigenvalue weighted by Crippen LogP contribution is 2.24. The molecule has 116 valence electrons. The first-order valence-corrected chi connectivity index (χ1v) is 6.72. The predicted molar refractivity (Wildman–Crippen MR) is 78.7 cm³/mol. The molecule has 0 unspecified atom stereocenters. The van der Waals surface area contributed by atoms with Crippen molar-refractivity contribution in [3.8, 4) is 5.75 Å². The van der Waals surface area contributed by atoms with E-state index in [4.69, 9.17) is 15.2 Å². The zero-order chi connectivity index (χ0) is 16.1. The summed E-state index contributed by atoms with van der Waals surface area (Å²) in [4.78, 5) is 34.0. The lowest BCUT2D eigenvalue weighted by Gasteiger charge is -2.08. The molecule has 1 aliphatic rings. The number of esters is 1. The maximum absolute atomic E-state index is 11.5. The standard InChI is InChI=1S/C15H16N2O5/c1-2-21-14(19)8-22-11-3-4-12(16)9(6-11)5-10-7-13(18)17-15(10)20/h3-6H,2,7-8,16H2,1H3,(H,17,18,20)/b10-5+. The van der Waals surface area contributed by atoms with Crippen LogP contribution in [0.2, 0.25) is 0 Å². The van der Waals surface area contributed by atoms with Crippen molar-refractivity contribution >= 4 is 29.5 Å². The smallest absolute Gasteiger partial charge is 0.344 e. The average molecular weight is 304 g/mol. The molecule has 7 heteroatoms. The Labute approximate surface area is 127 Å². The molecule has 0 saturated carbocycles. The highest BCUT2D eigenvalue weighted by atomic mass is 16.6. The highest BCUT2D eigenvalue weighted by molar-refractivity contribution is 6.15. The molecule has 0 bridgehead atoms. The van der Waals surface area contributed by atoms with E-state index in [-0.39, 0.29) is 25.5 Å². The van der Waals surface area contributed by atoms with Gasteiger partial charge in [-0.05, 0) is 31.2 Å². The third-order valence-electron chi connectivity index (χ3n) is 2.95. The van der Waals surface area contributed by atoms with E-state index in [9.17, 15) is 14.4 Å². The van der Waals surface area contributed by atoms with E-state index in [0.717, 1.165) is 0 Å². The summed E-state index contributed by atoms with van der Waals surface area (Å²) in [5, 5.41) is 2.20. The van der Waals surface area contributed by atoms with Crippen molar-refractivity contribution in [1.29, 1.82) is 0 Å². The van der Waals surface area contributed by atoms with Gasteiger partial charge in [0, 0.05) is 16.8 Å². The second kappa shape index (κ2) is 6.75. The lowest BCUT2D eigenvalue weighted by molar-refractivity contribution is -0.145. The van der Waals surface area contributed by atoms with E-state index >= 15 is 0 Å². The molecule has 7 nitrogen and oxygen atoms in total. The maximum atomic E-state index is 11.5. The van der Waals surface area contributed by atoms with Crippen molar-refractivity contribution in [2.75, 3.05) is 18.9 Å². The fraction of sp³-hybridized carbons (Fsp3) is 0.267. The van der Waals surface area contributed by atoms with Crippen LogP contribution in [0.15, 0.2) is 23.8 Å². The number of rotatable bonds is 5. The Morgan fingerprint density at radius 2 is 2.18 bits per heavy atom. The molecule has 1 aromatic rings. The SMILES string of the molecule is CCOC(=O)COc1ccc(N)c(/C=C2\CC(=O)NC2=O)c1. The van der Waals surface area contributed by atoms with Gasteiger partial charge in [-0.15, -0.1) is 0 Å². The first-order chi connectivity index (χ1) is 10.5. The van der Waals surface area contributed by atoms with Gasteiger partial charge in [-0.2, -0.15) is 0 Å². The molecular weight excluding hydrogens is 288 g/mol. The van der Waals surface area contributed by atoms with Gasteiger partial charge in [0.2, 0.25) is 5.91 Å². The molecule has 0 radical (unpaired) electrons. The van der Waals surface area contributed by atoms with E-state index in [1.807, 2.05) is 0 Å². The van der Waals surface area contributed by atoms with Crippen LogP contribution < -0.4 is 15.8 Å². The van der Waals surface area contributed by atoms with Crippen LogP contribution >= 0.6 is 0 Å². The number of nitrogen functional groups attached to an aromatic ring is 1. The Morgan fingerprint density at radius 1 is 1.41 bits per heavy atom. The van der Waals surface area contributed by atoms with Gasteiger partial charge < -0.3 is 15.2 Å². The Hall–Kier alpha value is -2.83. The van der Waals surface area contributed by atoms with Crippen molar-refractivity contribution in [2.45, 2.75) is 13.3 Å². The number of nitrogens with one attached hydrogen (secondary N) is 1. The quantitative estimate of drug-likeness (QED) is 0.358. The van der Waals surface area contributed by atoms with Crippen LogP contribution in [0.3, 0.4) is 0 Å². The molecule has 1 aromatic carbocycles. The zero-order valence-electron chi connectivity index (χ0n) is 12.0. The van der Waals surface area contributed by atoms with Crippen molar-refractivity contribution in [1.82, 2.24) is 5.32 Å². The van der Waals surface area contributed by atoms with Gasteiger partial charge in [0.05, 0.1) is 13.0 Å². The number of ether oxygens (including phenoxy) is 2. The second-order valence-corrected chi connectivity index (χ2v) is 4.61. The summed E-state index contributed by atoms with van der Waals surface area (Å²) in [7, 11) is 0. The summed E-state index contributed by atoms with van der Waals surface area (Å²) >= 11 is 0. The molecule has 1 aliphatic heterocycles. The van der Waals surface area contributed by atoms with E-state index in [0.29, 0.717) is 22.6 Å². The average Bonchev–Trinajstić information content (AvgIpc) is 2.78. The molecule has 0 aliphatic carbocycles.